The molecule has 1 heterocycles. The van der Waals surface area contributed by atoms with E-state index < -0.39 is 0 Å². The van der Waals surface area contributed by atoms with Crippen LogP contribution in [0, 0.1) is 0 Å². The Labute approximate surface area is 170 Å². The summed E-state index contributed by atoms with van der Waals surface area (Å²) in [7, 11) is 0. The third kappa shape index (κ3) is 4.61. The molecule has 29 heavy (non-hydrogen) atoms. The van der Waals surface area contributed by atoms with Crippen LogP contribution in [0.25, 0.3) is 0 Å². The summed E-state index contributed by atoms with van der Waals surface area (Å²) in [5, 5.41) is 7.43. The quantitative estimate of drug-likeness (QED) is 0.516. The SMILES string of the molecule is O=C(NCc1ccccc1Cn1cccn1)C(c1ccccc1)c1ccccc1. The van der Waals surface area contributed by atoms with Gasteiger partial charge in [-0.1, -0.05) is 84.9 Å². The fraction of sp³-hybridized carbons (Fsp3) is 0.120. The first-order valence-electron chi connectivity index (χ1n) is 9.73. The largest absolute Gasteiger partial charge is 0.351 e. The molecule has 4 heteroatoms. The van der Waals surface area contributed by atoms with Gasteiger partial charge in [0.2, 0.25) is 5.91 Å². The fourth-order valence-electron chi connectivity index (χ4n) is 3.52. The summed E-state index contributed by atoms with van der Waals surface area (Å²) in [6.07, 6.45) is 3.71. The summed E-state index contributed by atoms with van der Waals surface area (Å²) in [5.74, 6) is -0.341. The average molecular weight is 381 g/mol. The van der Waals surface area contributed by atoms with Gasteiger partial charge < -0.3 is 5.32 Å². The van der Waals surface area contributed by atoms with Gasteiger partial charge in [0, 0.05) is 18.9 Å². The van der Waals surface area contributed by atoms with Crippen molar-refractivity contribution in [2.24, 2.45) is 0 Å². The van der Waals surface area contributed by atoms with Gasteiger partial charge in [-0.2, -0.15) is 5.10 Å². The van der Waals surface area contributed by atoms with Crippen LogP contribution in [-0.4, -0.2) is 15.7 Å². The Morgan fingerprint density at radius 3 is 1.97 bits per heavy atom. The highest BCUT2D eigenvalue weighted by atomic mass is 16.1. The van der Waals surface area contributed by atoms with Gasteiger partial charge in [0.25, 0.3) is 0 Å². The van der Waals surface area contributed by atoms with E-state index in [1.807, 2.05) is 89.7 Å². The molecule has 1 N–H and O–H groups in total. The van der Waals surface area contributed by atoms with Crippen LogP contribution in [-0.2, 0) is 17.9 Å². The number of aromatic nitrogens is 2. The molecule has 4 aromatic rings. The molecule has 4 nitrogen and oxygen atoms in total. The fourth-order valence-corrected chi connectivity index (χ4v) is 3.52. The molecule has 0 aliphatic rings. The molecule has 0 bridgehead atoms. The molecule has 0 aliphatic heterocycles. The van der Waals surface area contributed by atoms with E-state index >= 15 is 0 Å². The second-order valence-corrected chi connectivity index (χ2v) is 6.94. The summed E-state index contributed by atoms with van der Waals surface area (Å²) < 4.78 is 1.89. The van der Waals surface area contributed by atoms with Gasteiger partial charge in [0.1, 0.15) is 0 Å². The Morgan fingerprint density at radius 1 is 0.793 bits per heavy atom. The Balaban J connectivity index is 1.53. The minimum absolute atomic E-state index is 0.00343. The predicted octanol–water partition coefficient (Wildman–Crippen LogP) is 4.38. The molecule has 4 rings (SSSR count). The summed E-state index contributed by atoms with van der Waals surface area (Å²) >= 11 is 0. The molecular weight excluding hydrogens is 358 g/mol. The van der Waals surface area contributed by atoms with Crippen molar-refractivity contribution in [1.29, 1.82) is 0 Å². The minimum Gasteiger partial charge on any atom is -0.351 e. The first-order chi connectivity index (χ1) is 14.3. The van der Waals surface area contributed by atoms with E-state index in [2.05, 4.69) is 22.5 Å². The zero-order valence-corrected chi connectivity index (χ0v) is 16.1. The zero-order valence-electron chi connectivity index (χ0n) is 16.1. The number of rotatable bonds is 7. The van der Waals surface area contributed by atoms with Crippen molar-refractivity contribution in [3.63, 3.8) is 0 Å². The van der Waals surface area contributed by atoms with Crippen LogP contribution in [0.1, 0.15) is 28.2 Å². The van der Waals surface area contributed by atoms with Gasteiger partial charge in [0.05, 0.1) is 12.5 Å². The number of nitrogens with zero attached hydrogens (tertiary/aromatic N) is 2. The van der Waals surface area contributed by atoms with Crippen LogP contribution < -0.4 is 5.32 Å². The molecule has 0 atom stereocenters. The number of carbonyl (C=O) groups excluding carboxylic acids is 1. The molecule has 0 radical (unpaired) electrons. The maximum atomic E-state index is 13.2. The highest BCUT2D eigenvalue weighted by molar-refractivity contribution is 5.87. The molecule has 0 spiro atoms. The van der Waals surface area contributed by atoms with E-state index in [0.29, 0.717) is 13.1 Å². The molecule has 0 saturated carbocycles. The lowest BCUT2D eigenvalue weighted by Crippen LogP contribution is -2.30. The van der Waals surface area contributed by atoms with E-state index in [4.69, 9.17) is 0 Å². The Bertz CT molecular complexity index is 1000. The molecule has 144 valence electrons. The molecule has 0 saturated heterocycles. The number of hydrogen-bond donors (Lipinski definition) is 1. The Hall–Kier alpha value is -3.66. The monoisotopic (exact) mass is 381 g/mol. The Morgan fingerprint density at radius 2 is 1.38 bits per heavy atom. The first kappa shape index (κ1) is 18.7. The van der Waals surface area contributed by atoms with Crippen molar-refractivity contribution in [2.45, 2.75) is 19.0 Å². The highest BCUT2D eigenvalue weighted by Gasteiger charge is 2.22. The van der Waals surface area contributed by atoms with Gasteiger partial charge in [-0.15, -0.1) is 0 Å². The van der Waals surface area contributed by atoms with Gasteiger partial charge in [0.15, 0.2) is 0 Å². The number of nitrogens with one attached hydrogen (secondary N) is 1. The van der Waals surface area contributed by atoms with Gasteiger partial charge in [-0.05, 0) is 28.3 Å². The summed E-state index contributed by atoms with van der Waals surface area (Å²) in [4.78, 5) is 13.2. The predicted molar refractivity (Wildman–Crippen MR) is 114 cm³/mol. The van der Waals surface area contributed by atoms with Crippen molar-refractivity contribution in [3.8, 4) is 0 Å². The van der Waals surface area contributed by atoms with Crippen LogP contribution in [0.3, 0.4) is 0 Å². The minimum atomic E-state index is -0.337. The van der Waals surface area contributed by atoms with Crippen molar-refractivity contribution in [1.82, 2.24) is 15.1 Å². The van der Waals surface area contributed by atoms with E-state index in [1.54, 1.807) is 6.20 Å². The lowest BCUT2D eigenvalue weighted by Gasteiger charge is -2.19. The molecule has 0 fully saturated rings. The van der Waals surface area contributed by atoms with Gasteiger partial charge in [-0.3, -0.25) is 9.48 Å². The van der Waals surface area contributed by atoms with Crippen LogP contribution in [0.2, 0.25) is 0 Å². The lowest BCUT2D eigenvalue weighted by atomic mass is 9.90. The molecule has 1 aromatic heterocycles. The van der Waals surface area contributed by atoms with Crippen molar-refractivity contribution in [3.05, 3.63) is 126 Å². The van der Waals surface area contributed by atoms with Crippen LogP contribution >= 0.6 is 0 Å². The van der Waals surface area contributed by atoms with Crippen LogP contribution in [0.15, 0.2) is 103 Å². The molecule has 0 aliphatic carbocycles. The van der Waals surface area contributed by atoms with Crippen LogP contribution in [0.5, 0.6) is 0 Å². The van der Waals surface area contributed by atoms with E-state index in [0.717, 1.165) is 22.3 Å². The molecule has 1 amide bonds. The molecule has 0 unspecified atom stereocenters. The topological polar surface area (TPSA) is 46.9 Å². The number of hydrogen-bond acceptors (Lipinski definition) is 2. The molecule has 3 aromatic carbocycles. The summed E-state index contributed by atoms with van der Waals surface area (Å²) in [6.45, 7) is 1.16. The highest BCUT2D eigenvalue weighted by Crippen LogP contribution is 2.25. The number of benzene rings is 3. The normalized spacial score (nSPS) is 10.8. The van der Waals surface area contributed by atoms with Crippen molar-refractivity contribution >= 4 is 5.91 Å². The first-order valence-corrected chi connectivity index (χ1v) is 9.73. The van der Waals surface area contributed by atoms with E-state index in [1.165, 1.54) is 0 Å². The van der Waals surface area contributed by atoms with E-state index in [-0.39, 0.29) is 11.8 Å². The second-order valence-electron chi connectivity index (χ2n) is 6.94. The van der Waals surface area contributed by atoms with Gasteiger partial charge >= 0.3 is 0 Å². The number of amides is 1. The Kier molecular flexibility index (Phi) is 5.81. The lowest BCUT2D eigenvalue weighted by molar-refractivity contribution is -0.121. The van der Waals surface area contributed by atoms with Crippen molar-refractivity contribution < 1.29 is 4.79 Å². The van der Waals surface area contributed by atoms with Crippen LogP contribution in [0.4, 0.5) is 0 Å². The summed E-state index contributed by atoms with van der Waals surface area (Å²) in [5.41, 5.74) is 4.21. The average Bonchev–Trinajstić information content (AvgIpc) is 3.28. The standard InChI is InChI=1S/C25H23N3O/c29-25(24(20-10-3-1-4-11-20)21-12-5-2-6-13-21)26-18-22-14-7-8-15-23(22)19-28-17-9-16-27-28/h1-17,24H,18-19H2,(H,26,29). The smallest absolute Gasteiger partial charge is 0.232 e. The second kappa shape index (κ2) is 9.02. The van der Waals surface area contributed by atoms with Crippen molar-refractivity contribution in [2.75, 3.05) is 0 Å². The summed E-state index contributed by atoms with van der Waals surface area (Å²) in [6, 6.07) is 29.9. The third-order valence-electron chi connectivity index (χ3n) is 4.99. The maximum absolute atomic E-state index is 13.2. The molecular formula is C25H23N3O. The third-order valence-corrected chi connectivity index (χ3v) is 4.99. The van der Waals surface area contributed by atoms with Gasteiger partial charge in [-0.25, -0.2) is 0 Å². The maximum Gasteiger partial charge on any atom is 0.232 e. The number of carbonyl (C=O) groups is 1. The zero-order chi connectivity index (χ0) is 19.9. The van der Waals surface area contributed by atoms with E-state index in [9.17, 15) is 4.79 Å².